The lowest BCUT2D eigenvalue weighted by Gasteiger charge is -2.31. The van der Waals surface area contributed by atoms with Gasteiger partial charge in [-0.05, 0) is 71.5 Å². The van der Waals surface area contributed by atoms with E-state index in [1.807, 2.05) is 18.2 Å². The first-order chi connectivity index (χ1) is 12.6. The predicted molar refractivity (Wildman–Crippen MR) is 103 cm³/mol. The van der Waals surface area contributed by atoms with E-state index in [9.17, 15) is 9.90 Å². The van der Waals surface area contributed by atoms with Crippen LogP contribution < -0.4 is 10.1 Å². The Kier molecular flexibility index (Phi) is 3.69. The van der Waals surface area contributed by atoms with Crippen LogP contribution in [0.15, 0.2) is 46.4 Å². The van der Waals surface area contributed by atoms with Crippen molar-refractivity contribution in [1.82, 2.24) is 5.32 Å². The molecule has 132 valence electrons. The predicted octanol–water partition coefficient (Wildman–Crippen LogP) is 4.97. The molecule has 0 spiro atoms. The fourth-order valence-corrected chi connectivity index (χ4v) is 4.95. The van der Waals surface area contributed by atoms with Crippen LogP contribution in [0.1, 0.15) is 47.2 Å². The van der Waals surface area contributed by atoms with E-state index < -0.39 is 5.97 Å². The number of aromatic carboxylic acids is 1. The number of piperidine rings is 1. The van der Waals surface area contributed by atoms with Crippen LogP contribution in [0, 0.1) is 0 Å². The summed E-state index contributed by atoms with van der Waals surface area (Å²) in [6, 6.07) is 12.4. The van der Waals surface area contributed by atoms with E-state index >= 15 is 0 Å². The first-order valence-corrected chi connectivity index (χ1v) is 9.72. The van der Waals surface area contributed by atoms with Crippen LogP contribution in [0.5, 0.6) is 11.5 Å². The third kappa shape index (κ3) is 2.49. The summed E-state index contributed by atoms with van der Waals surface area (Å²) in [4.78, 5) is 11.4. The van der Waals surface area contributed by atoms with Gasteiger partial charge in [-0.1, -0.05) is 17.7 Å². The topological polar surface area (TPSA) is 58.6 Å². The molecule has 4 nitrogen and oxygen atoms in total. The number of para-hydroxylation sites is 1. The molecule has 2 saturated heterocycles. The fraction of sp³-hybridized carbons (Fsp3) is 0.286. The Morgan fingerprint density at radius 2 is 1.88 bits per heavy atom. The highest BCUT2D eigenvalue weighted by Gasteiger charge is 2.34. The maximum Gasteiger partial charge on any atom is 0.335 e. The van der Waals surface area contributed by atoms with Crippen LogP contribution in [0.2, 0.25) is 0 Å². The Hall–Kier alpha value is -2.11. The van der Waals surface area contributed by atoms with Crippen molar-refractivity contribution < 1.29 is 14.6 Å². The Balaban J connectivity index is 1.74. The smallest absolute Gasteiger partial charge is 0.335 e. The fourth-order valence-electron chi connectivity index (χ4n) is 4.50. The second kappa shape index (κ2) is 5.96. The Morgan fingerprint density at radius 3 is 2.62 bits per heavy atom. The SMILES string of the molecule is O=C(O)c1ccc2c(c1)Oc1c(Br)cccc1C2=C1CC2CCC(C1)N2. The minimum atomic E-state index is -0.941. The number of nitrogens with one attached hydrogen (secondary N) is 1. The standard InChI is InChI=1S/C21H18BrNO3/c22-17-3-1-2-16-19(12-8-13-5-6-14(9-12)23-13)15-7-4-11(21(24)25)10-18(15)26-20(16)17/h1-4,7,10,13-14,23H,5-6,8-9H2,(H,24,25). The Morgan fingerprint density at radius 1 is 1.12 bits per heavy atom. The number of carboxylic acids is 1. The zero-order chi connectivity index (χ0) is 17.8. The average Bonchev–Trinajstić information content (AvgIpc) is 2.97. The number of ether oxygens (including phenoxy) is 1. The molecule has 26 heavy (non-hydrogen) atoms. The minimum absolute atomic E-state index is 0.244. The summed E-state index contributed by atoms with van der Waals surface area (Å²) in [6.07, 6.45) is 4.54. The van der Waals surface area contributed by atoms with Crippen LogP contribution >= 0.6 is 15.9 Å². The van der Waals surface area contributed by atoms with Crippen LogP contribution in [-0.4, -0.2) is 23.2 Å². The maximum atomic E-state index is 11.4. The highest BCUT2D eigenvalue weighted by molar-refractivity contribution is 9.10. The summed E-state index contributed by atoms with van der Waals surface area (Å²) in [6.45, 7) is 0. The van der Waals surface area contributed by atoms with Gasteiger partial charge in [0.25, 0.3) is 0 Å². The monoisotopic (exact) mass is 411 g/mol. The van der Waals surface area contributed by atoms with E-state index in [-0.39, 0.29) is 5.56 Å². The third-order valence-electron chi connectivity index (χ3n) is 5.62. The van der Waals surface area contributed by atoms with Gasteiger partial charge in [0.2, 0.25) is 0 Å². The van der Waals surface area contributed by atoms with Gasteiger partial charge in [0.15, 0.2) is 0 Å². The Bertz CT molecular complexity index is 952. The lowest BCUT2D eigenvalue weighted by atomic mass is 9.84. The largest absolute Gasteiger partial charge is 0.478 e. The molecule has 5 rings (SSSR count). The number of benzene rings is 2. The molecule has 3 aliphatic rings. The minimum Gasteiger partial charge on any atom is -0.478 e. The molecule has 2 fully saturated rings. The molecule has 3 aliphatic heterocycles. The summed E-state index contributed by atoms with van der Waals surface area (Å²) in [7, 11) is 0. The van der Waals surface area contributed by atoms with Gasteiger partial charge >= 0.3 is 5.97 Å². The van der Waals surface area contributed by atoms with Gasteiger partial charge in [-0.15, -0.1) is 0 Å². The number of halogens is 1. The Labute approximate surface area is 160 Å². The van der Waals surface area contributed by atoms with Gasteiger partial charge in [0.05, 0.1) is 10.0 Å². The summed E-state index contributed by atoms with van der Waals surface area (Å²) < 4.78 is 7.01. The van der Waals surface area contributed by atoms with Crippen molar-refractivity contribution in [2.24, 2.45) is 0 Å². The molecule has 2 aromatic rings. The van der Waals surface area contributed by atoms with E-state index in [4.69, 9.17) is 4.74 Å². The number of carbonyl (C=O) groups is 1. The molecule has 0 aliphatic carbocycles. The first-order valence-electron chi connectivity index (χ1n) is 8.92. The van der Waals surface area contributed by atoms with E-state index in [2.05, 4.69) is 27.3 Å². The molecule has 2 bridgehead atoms. The summed E-state index contributed by atoms with van der Waals surface area (Å²) in [5.74, 6) is 0.456. The van der Waals surface area contributed by atoms with Gasteiger partial charge in [0.1, 0.15) is 11.5 Å². The molecule has 3 heterocycles. The van der Waals surface area contributed by atoms with Gasteiger partial charge in [0, 0.05) is 23.2 Å². The van der Waals surface area contributed by atoms with Crippen molar-refractivity contribution in [3.63, 3.8) is 0 Å². The molecule has 2 aromatic carbocycles. The van der Waals surface area contributed by atoms with Crippen molar-refractivity contribution in [1.29, 1.82) is 0 Å². The molecule has 5 heteroatoms. The van der Waals surface area contributed by atoms with Crippen molar-refractivity contribution >= 4 is 27.5 Å². The maximum absolute atomic E-state index is 11.4. The quantitative estimate of drug-likeness (QED) is 0.593. The second-order valence-electron chi connectivity index (χ2n) is 7.26. The van der Waals surface area contributed by atoms with Crippen LogP contribution in [-0.2, 0) is 0 Å². The summed E-state index contributed by atoms with van der Waals surface area (Å²) in [5, 5.41) is 13.0. The first kappa shape index (κ1) is 16.1. The molecular weight excluding hydrogens is 394 g/mol. The van der Waals surface area contributed by atoms with Crippen molar-refractivity contribution in [2.45, 2.75) is 37.8 Å². The highest BCUT2D eigenvalue weighted by Crippen LogP contribution is 2.50. The van der Waals surface area contributed by atoms with E-state index in [0.29, 0.717) is 17.8 Å². The normalized spacial score (nSPS) is 23.3. The van der Waals surface area contributed by atoms with Crippen molar-refractivity contribution in [3.05, 3.63) is 63.1 Å². The van der Waals surface area contributed by atoms with E-state index in [1.54, 1.807) is 12.1 Å². The molecular formula is C21H18BrNO3. The van der Waals surface area contributed by atoms with Gasteiger partial charge in [-0.3, -0.25) is 0 Å². The molecule has 0 saturated carbocycles. The molecule has 0 radical (unpaired) electrons. The third-order valence-corrected chi connectivity index (χ3v) is 6.24. The number of fused-ring (bicyclic) bond motifs is 4. The average molecular weight is 412 g/mol. The van der Waals surface area contributed by atoms with Gasteiger partial charge in [-0.2, -0.15) is 0 Å². The number of hydrogen-bond acceptors (Lipinski definition) is 3. The number of rotatable bonds is 1. The van der Waals surface area contributed by atoms with Crippen LogP contribution in [0.25, 0.3) is 5.57 Å². The second-order valence-corrected chi connectivity index (χ2v) is 8.11. The zero-order valence-electron chi connectivity index (χ0n) is 14.1. The van der Waals surface area contributed by atoms with E-state index in [1.165, 1.54) is 24.0 Å². The van der Waals surface area contributed by atoms with Crippen molar-refractivity contribution in [3.8, 4) is 11.5 Å². The molecule has 2 atom stereocenters. The van der Waals surface area contributed by atoms with Gasteiger partial charge < -0.3 is 15.2 Å². The van der Waals surface area contributed by atoms with Crippen molar-refractivity contribution in [2.75, 3.05) is 0 Å². The molecule has 2 N–H and O–H groups in total. The van der Waals surface area contributed by atoms with E-state index in [0.717, 1.165) is 34.2 Å². The summed E-state index contributed by atoms with van der Waals surface area (Å²) >= 11 is 3.59. The van der Waals surface area contributed by atoms with Crippen LogP contribution in [0.3, 0.4) is 0 Å². The number of hydrogen-bond donors (Lipinski definition) is 2. The summed E-state index contributed by atoms with van der Waals surface area (Å²) in [5.41, 5.74) is 5.00. The lowest BCUT2D eigenvalue weighted by Crippen LogP contribution is -2.35. The zero-order valence-corrected chi connectivity index (χ0v) is 15.7. The molecule has 2 unspecified atom stereocenters. The van der Waals surface area contributed by atoms with Gasteiger partial charge in [-0.25, -0.2) is 4.79 Å². The molecule has 0 amide bonds. The lowest BCUT2D eigenvalue weighted by molar-refractivity contribution is 0.0696. The van der Waals surface area contributed by atoms with Crippen LogP contribution in [0.4, 0.5) is 0 Å². The highest BCUT2D eigenvalue weighted by atomic mass is 79.9. The molecule has 0 aromatic heterocycles. The number of carboxylic acid groups (broad SMARTS) is 1.